The highest BCUT2D eigenvalue weighted by molar-refractivity contribution is 5.69. The summed E-state index contributed by atoms with van der Waals surface area (Å²) >= 11 is 0. The predicted octanol–water partition coefficient (Wildman–Crippen LogP) is 6.88. The lowest BCUT2D eigenvalue weighted by molar-refractivity contribution is 0.317. The summed E-state index contributed by atoms with van der Waals surface area (Å²) in [6.07, 6.45) is 4.18. The lowest BCUT2D eigenvalue weighted by Crippen LogP contribution is -2.04. The van der Waals surface area contributed by atoms with Crippen LogP contribution in [-0.4, -0.2) is 31.5 Å². The SMILES string of the molecule is CCCOc1ccc(-c2ccc(-c3cc(Cn4cc5nc(-c6cccc(F)c6F)nc-5cn4)on3)cc2)cc1. The van der Waals surface area contributed by atoms with Gasteiger partial charge in [0.15, 0.2) is 23.2 Å². The minimum atomic E-state index is -0.981. The Hall–Kier alpha value is -4.92. The Labute approximate surface area is 223 Å². The molecule has 194 valence electrons. The van der Waals surface area contributed by atoms with Crippen molar-refractivity contribution in [2.45, 2.75) is 19.9 Å². The van der Waals surface area contributed by atoms with Crippen LogP contribution in [0, 0.1) is 11.6 Å². The first-order chi connectivity index (χ1) is 19.1. The molecule has 2 aliphatic rings. The number of ether oxygens (including phenoxy) is 1. The maximum atomic E-state index is 14.2. The molecule has 3 aromatic carbocycles. The zero-order valence-electron chi connectivity index (χ0n) is 21.0. The molecule has 0 fully saturated rings. The van der Waals surface area contributed by atoms with Crippen LogP contribution in [0.3, 0.4) is 0 Å². The van der Waals surface area contributed by atoms with Crippen molar-refractivity contribution in [2.75, 3.05) is 6.61 Å². The summed E-state index contributed by atoms with van der Waals surface area (Å²) in [5.41, 5.74) is 4.80. The molecule has 3 heterocycles. The molecule has 6 rings (SSSR count). The number of benzene rings is 3. The van der Waals surface area contributed by atoms with Gasteiger partial charge in [0.2, 0.25) is 0 Å². The zero-order chi connectivity index (χ0) is 26.8. The van der Waals surface area contributed by atoms with Gasteiger partial charge in [-0.05, 0) is 41.8 Å². The number of hydrogen-bond donors (Lipinski definition) is 0. The molecule has 0 saturated heterocycles. The Morgan fingerprint density at radius 1 is 0.846 bits per heavy atom. The summed E-state index contributed by atoms with van der Waals surface area (Å²) < 4.78 is 40.6. The first kappa shape index (κ1) is 24.4. The summed E-state index contributed by atoms with van der Waals surface area (Å²) in [6.45, 7) is 3.10. The zero-order valence-corrected chi connectivity index (χ0v) is 21.0. The van der Waals surface area contributed by atoms with E-state index < -0.39 is 11.6 Å². The highest BCUT2D eigenvalue weighted by Crippen LogP contribution is 2.28. The molecule has 0 N–H and O–H groups in total. The second-order valence-electron chi connectivity index (χ2n) is 9.02. The van der Waals surface area contributed by atoms with Gasteiger partial charge in [-0.1, -0.05) is 54.5 Å². The fraction of sp³-hybridized carbons (Fsp3) is 0.133. The Kier molecular flexibility index (Phi) is 6.54. The van der Waals surface area contributed by atoms with Gasteiger partial charge in [0.25, 0.3) is 0 Å². The van der Waals surface area contributed by atoms with E-state index in [1.165, 1.54) is 18.3 Å². The molecule has 0 saturated carbocycles. The Morgan fingerprint density at radius 3 is 2.33 bits per heavy atom. The van der Waals surface area contributed by atoms with Crippen LogP contribution in [0.5, 0.6) is 5.75 Å². The van der Waals surface area contributed by atoms with Crippen LogP contribution in [-0.2, 0) is 6.54 Å². The molecule has 0 aliphatic carbocycles. The van der Waals surface area contributed by atoms with Crippen molar-refractivity contribution < 1.29 is 18.0 Å². The van der Waals surface area contributed by atoms with Gasteiger partial charge in [-0.2, -0.15) is 5.10 Å². The van der Waals surface area contributed by atoms with Crippen molar-refractivity contribution in [1.82, 2.24) is 24.9 Å². The molecule has 7 nitrogen and oxygen atoms in total. The Balaban J connectivity index is 1.16. The standard InChI is InChI=1S/C30H23F2N5O2/c1-2-14-38-22-12-10-20(11-13-22)19-6-8-21(9-7-19)26-15-23(39-36-26)17-37-18-28-27(16-33-37)34-30(35-28)24-4-3-5-25(31)29(24)32/h3-13,15-16,18H,2,14,17H2,1H3. The molecular weight excluding hydrogens is 500 g/mol. The van der Waals surface area contributed by atoms with Gasteiger partial charge in [0.1, 0.15) is 29.4 Å². The van der Waals surface area contributed by atoms with Crippen molar-refractivity contribution in [1.29, 1.82) is 0 Å². The van der Waals surface area contributed by atoms with Crippen molar-refractivity contribution in [3.63, 3.8) is 0 Å². The second-order valence-corrected chi connectivity index (χ2v) is 9.02. The predicted molar refractivity (Wildman–Crippen MR) is 142 cm³/mol. The fourth-order valence-electron chi connectivity index (χ4n) is 4.22. The van der Waals surface area contributed by atoms with Gasteiger partial charge in [-0.25, -0.2) is 18.7 Å². The average molecular weight is 524 g/mol. The van der Waals surface area contributed by atoms with E-state index in [-0.39, 0.29) is 11.4 Å². The number of hydrogen-bond acceptors (Lipinski definition) is 6. The molecule has 0 radical (unpaired) electrons. The van der Waals surface area contributed by atoms with Gasteiger partial charge < -0.3 is 9.26 Å². The van der Waals surface area contributed by atoms with E-state index in [2.05, 4.69) is 27.1 Å². The van der Waals surface area contributed by atoms with E-state index in [1.54, 1.807) is 10.9 Å². The molecule has 2 aliphatic heterocycles. The van der Waals surface area contributed by atoms with E-state index >= 15 is 0 Å². The van der Waals surface area contributed by atoms with E-state index in [0.29, 0.717) is 36.0 Å². The van der Waals surface area contributed by atoms with Gasteiger partial charge >= 0.3 is 0 Å². The van der Waals surface area contributed by atoms with E-state index in [9.17, 15) is 8.78 Å². The quantitative estimate of drug-likeness (QED) is 0.216. The summed E-state index contributed by atoms with van der Waals surface area (Å²) in [5, 5.41) is 8.56. The molecule has 0 amide bonds. The largest absolute Gasteiger partial charge is 0.494 e. The molecular formula is C30H23F2N5O2. The number of fused-ring (bicyclic) bond motifs is 1. The van der Waals surface area contributed by atoms with Crippen LogP contribution in [0.25, 0.3) is 45.2 Å². The first-order valence-corrected chi connectivity index (χ1v) is 12.5. The van der Waals surface area contributed by atoms with Gasteiger partial charge in [-0.15, -0.1) is 0 Å². The molecule has 0 atom stereocenters. The third-order valence-electron chi connectivity index (χ3n) is 6.23. The van der Waals surface area contributed by atoms with Gasteiger partial charge in [0, 0.05) is 11.6 Å². The van der Waals surface area contributed by atoms with Crippen molar-refractivity contribution in [3.8, 4) is 50.9 Å². The van der Waals surface area contributed by atoms with Crippen LogP contribution in [0.2, 0.25) is 0 Å². The number of rotatable bonds is 8. The summed E-state index contributed by atoms with van der Waals surface area (Å²) in [5.74, 6) is -0.356. The molecule has 39 heavy (non-hydrogen) atoms. The monoisotopic (exact) mass is 523 g/mol. The van der Waals surface area contributed by atoms with Crippen LogP contribution >= 0.6 is 0 Å². The average Bonchev–Trinajstić information content (AvgIpc) is 3.61. The normalized spacial score (nSPS) is 11.3. The summed E-state index contributed by atoms with van der Waals surface area (Å²) in [6, 6.07) is 21.9. The highest BCUT2D eigenvalue weighted by Gasteiger charge is 2.18. The summed E-state index contributed by atoms with van der Waals surface area (Å²) in [7, 11) is 0. The first-order valence-electron chi connectivity index (χ1n) is 12.5. The van der Waals surface area contributed by atoms with Crippen molar-refractivity contribution >= 4 is 0 Å². The number of halogens is 2. The maximum Gasteiger partial charge on any atom is 0.169 e. The lowest BCUT2D eigenvalue weighted by Gasteiger charge is -2.06. The molecule has 0 bridgehead atoms. The van der Waals surface area contributed by atoms with Gasteiger partial charge in [0.05, 0.1) is 24.6 Å². The second kappa shape index (κ2) is 10.4. The van der Waals surface area contributed by atoms with Crippen molar-refractivity contribution in [3.05, 3.63) is 103 Å². The minimum absolute atomic E-state index is 0.00153. The maximum absolute atomic E-state index is 14.2. The fourth-order valence-corrected chi connectivity index (χ4v) is 4.22. The number of nitrogens with zero attached hydrogens (tertiary/aromatic N) is 5. The number of imidazole rings is 1. The van der Waals surface area contributed by atoms with Crippen LogP contribution in [0.1, 0.15) is 19.1 Å². The molecule has 0 spiro atoms. The Bertz CT molecular complexity index is 1690. The van der Waals surface area contributed by atoms with E-state index in [0.717, 1.165) is 34.9 Å². The smallest absolute Gasteiger partial charge is 0.169 e. The molecule has 4 aromatic rings. The summed E-state index contributed by atoms with van der Waals surface area (Å²) in [4.78, 5) is 8.65. The van der Waals surface area contributed by atoms with Crippen molar-refractivity contribution in [2.24, 2.45) is 0 Å². The minimum Gasteiger partial charge on any atom is -0.494 e. The lowest BCUT2D eigenvalue weighted by atomic mass is 10.0. The Morgan fingerprint density at radius 2 is 1.56 bits per heavy atom. The molecule has 0 unspecified atom stereocenters. The van der Waals surface area contributed by atoms with Crippen LogP contribution in [0.15, 0.2) is 89.7 Å². The van der Waals surface area contributed by atoms with E-state index in [4.69, 9.17) is 9.26 Å². The third-order valence-corrected chi connectivity index (χ3v) is 6.23. The topological polar surface area (TPSA) is 78.9 Å². The van der Waals surface area contributed by atoms with Crippen LogP contribution in [0.4, 0.5) is 8.78 Å². The van der Waals surface area contributed by atoms with Gasteiger partial charge in [-0.3, -0.25) is 4.68 Å². The van der Waals surface area contributed by atoms with Crippen LogP contribution < -0.4 is 4.74 Å². The van der Waals surface area contributed by atoms with E-state index in [1.807, 2.05) is 54.6 Å². The molecule has 1 aromatic heterocycles. The highest BCUT2D eigenvalue weighted by atomic mass is 19.2. The molecule has 9 heteroatoms. The number of aromatic nitrogens is 5. The third kappa shape index (κ3) is 5.11.